The second-order valence-electron chi connectivity index (χ2n) is 4.02. The van der Waals surface area contributed by atoms with E-state index in [4.69, 9.17) is 10.5 Å². The van der Waals surface area contributed by atoms with Gasteiger partial charge in [0.05, 0.1) is 23.7 Å². The average Bonchev–Trinajstić information content (AvgIpc) is 2.29. The first kappa shape index (κ1) is 11.4. The number of aromatic nitrogens is 2. The summed E-state index contributed by atoms with van der Waals surface area (Å²) in [6.45, 7) is 3.95. The van der Waals surface area contributed by atoms with Crippen molar-refractivity contribution in [2.75, 3.05) is 5.73 Å². The maximum Gasteiger partial charge on any atom is 0.138 e. The lowest BCUT2D eigenvalue weighted by molar-refractivity contribution is 0.241. The maximum absolute atomic E-state index is 5.87. The minimum Gasteiger partial charge on any atom is -0.489 e. The molecule has 0 unspecified atom stereocenters. The first-order valence-corrected chi connectivity index (χ1v) is 5.49. The van der Waals surface area contributed by atoms with Crippen molar-refractivity contribution in [1.29, 1.82) is 0 Å². The molecule has 0 amide bonds. The van der Waals surface area contributed by atoms with Crippen LogP contribution in [-0.4, -0.2) is 16.1 Å². The summed E-state index contributed by atoms with van der Waals surface area (Å²) in [6, 6.07) is 5.52. The van der Waals surface area contributed by atoms with Crippen LogP contribution < -0.4 is 10.5 Å². The monoisotopic (exact) mass is 229 g/mol. The highest BCUT2D eigenvalue weighted by molar-refractivity contribution is 5.72. The van der Waals surface area contributed by atoms with Gasteiger partial charge in [-0.2, -0.15) is 0 Å². The smallest absolute Gasteiger partial charge is 0.138 e. The lowest BCUT2D eigenvalue weighted by Gasteiger charge is -2.10. The SMILES string of the molecule is CC(C)Oc1cncc(-c2ncccc2N)c1. The molecule has 0 aliphatic carbocycles. The third kappa shape index (κ3) is 2.72. The molecule has 2 aromatic heterocycles. The predicted octanol–water partition coefficient (Wildman–Crippen LogP) is 2.51. The zero-order valence-corrected chi connectivity index (χ0v) is 9.92. The van der Waals surface area contributed by atoms with E-state index in [9.17, 15) is 0 Å². The summed E-state index contributed by atoms with van der Waals surface area (Å²) in [4.78, 5) is 8.38. The second kappa shape index (κ2) is 4.82. The Morgan fingerprint density at radius 1 is 1.29 bits per heavy atom. The Bertz CT molecular complexity index is 512. The molecule has 0 atom stereocenters. The van der Waals surface area contributed by atoms with E-state index in [-0.39, 0.29) is 6.10 Å². The molecule has 0 radical (unpaired) electrons. The third-order valence-electron chi connectivity index (χ3n) is 2.20. The van der Waals surface area contributed by atoms with Crippen LogP contribution in [0.4, 0.5) is 5.69 Å². The van der Waals surface area contributed by atoms with Crippen molar-refractivity contribution in [3.8, 4) is 17.0 Å². The largest absolute Gasteiger partial charge is 0.489 e. The summed E-state index contributed by atoms with van der Waals surface area (Å²) < 4.78 is 5.59. The molecule has 0 aliphatic rings. The van der Waals surface area contributed by atoms with Crippen LogP contribution in [0.25, 0.3) is 11.3 Å². The molecule has 0 bridgehead atoms. The number of pyridine rings is 2. The van der Waals surface area contributed by atoms with E-state index in [2.05, 4.69) is 9.97 Å². The number of anilines is 1. The standard InChI is InChI=1S/C13H15N3O/c1-9(2)17-11-6-10(7-15-8-11)13-12(14)4-3-5-16-13/h3-9H,14H2,1-2H3. The Labute approximate surface area is 100 Å². The zero-order valence-electron chi connectivity index (χ0n) is 9.92. The molecule has 88 valence electrons. The van der Waals surface area contributed by atoms with Crippen LogP contribution in [0.15, 0.2) is 36.8 Å². The lowest BCUT2D eigenvalue weighted by atomic mass is 10.1. The van der Waals surface area contributed by atoms with Gasteiger partial charge in [-0.05, 0) is 32.0 Å². The van der Waals surface area contributed by atoms with Crippen LogP contribution >= 0.6 is 0 Å². The van der Waals surface area contributed by atoms with Gasteiger partial charge in [0, 0.05) is 18.0 Å². The van der Waals surface area contributed by atoms with Crippen molar-refractivity contribution in [2.24, 2.45) is 0 Å². The fraction of sp³-hybridized carbons (Fsp3) is 0.231. The molecule has 0 spiro atoms. The highest BCUT2D eigenvalue weighted by Gasteiger charge is 2.06. The minimum atomic E-state index is 0.119. The highest BCUT2D eigenvalue weighted by Crippen LogP contribution is 2.25. The molecule has 2 heterocycles. The van der Waals surface area contributed by atoms with Crippen LogP contribution in [0.5, 0.6) is 5.75 Å². The van der Waals surface area contributed by atoms with Crippen LogP contribution in [0, 0.1) is 0 Å². The molecule has 4 heteroatoms. The lowest BCUT2D eigenvalue weighted by Crippen LogP contribution is -2.05. The predicted molar refractivity (Wildman–Crippen MR) is 67.6 cm³/mol. The first-order chi connectivity index (χ1) is 8.16. The number of nitrogens with zero attached hydrogens (tertiary/aromatic N) is 2. The fourth-order valence-electron chi connectivity index (χ4n) is 1.54. The van der Waals surface area contributed by atoms with Gasteiger partial charge in [-0.25, -0.2) is 0 Å². The molecule has 2 N–H and O–H groups in total. The van der Waals surface area contributed by atoms with Crippen molar-refractivity contribution in [2.45, 2.75) is 20.0 Å². The summed E-state index contributed by atoms with van der Waals surface area (Å²) in [5.74, 6) is 0.725. The number of ether oxygens (including phenoxy) is 1. The third-order valence-corrected chi connectivity index (χ3v) is 2.20. The van der Waals surface area contributed by atoms with E-state index in [0.717, 1.165) is 17.0 Å². The van der Waals surface area contributed by atoms with E-state index >= 15 is 0 Å². The van der Waals surface area contributed by atoms with E-state index in [0.29, 0.717) is 5.69 Å². The van der Waals surface area contributed by atoms with E-state index < -0.39 is 0 Å². The molecular weight excluding hydrogens is 214 g/mol. The zero-order chi connectivity index (χ0) is 12.3. The Morgan fingerprint density at radius 2 is 2.12 bits per heavy atom. The van der Waals surface area contributed by atoms with Crippen LogP contribution in [0.2, 0.25) is 0 Å². The first-order valence-electron chi connectivity index (χ1n) is 5.49. The maximum atomic E-state index is 5.87. The molecule has 17 heavy (non-hydrogen) atoms. The topological polar surface area (TPSA) is 61.0 Å². The van der Waals surface area contributed by atoms with Crippen molar-refractivity contribution in [1.82, 2.24) is 9.97 Å². The van der Waals surface area contributed by atoms with Crippen molar-refractivity contribution >= 4 is 5.69 Å². The van der Waals surface area contributed by atoms with Gasteiger partial charge < -0.3 is 10.5 Å². The summed E-state index contributed by atoms with van der Waals surface area (Å²) >= 11 is 0. The normalized spacial score (nSPS) is 10.5. The minimum absolute atomic E-state index is 0.119. The Kier molecular flexibility index (Phi) is 3.23. The molecule has 4 nitrogen and oxygen atoms in total. The van der Waals surface area contributed by atoms with Gasteiger partial charge in [0.1, 0.15) is 5.75 Å². The Morgan fingerprint density at radius 3 is 2.82 bits per heavy atom. The number of nitrogen functional groups attached to an aromatic ring is 1. The van der Waals surface area contributed by atoms with E-state index in [1.807, 2.05) is 26.0 Å². The number of hydrogen-bond acceptors (Lipinski definition) is 4. The van der Waals surface area contributed by atoms with Crippen molar-refractivity contribution in [3.63, 3.8) is 0 Å². The van der Waals surface area contributed by atoms with Crippen LogP contribution in [-0.2, 0) is 0 Å². The fourth-order valence-corrected chi connectivity index (χ4v) is 1.54. The van der Waals surface area contributed by atoms with E-state index in [1.165, 1.54) is 0 Å². The summed E-state index contributed by atoms with van der Waals surface area (Å²) in [7, 11) is 0. The molecule has 0 saturated heterocycles. The van der Waals surface area contributed by atoms with Crippen LogP contribution in [0.1, 0.15) is 13.8 Å². The Balaban J connectivity index is 2.37. The van der Waals surface area contributed by atoms with Gasteiger partial charge in [-0.1, -0.05) is 0 Å². The quantitative estimate of drug-likeness (QED) is 0.878. The number of hydrogen-bond donors (Lipinski definition) is 1. The average molecular weight is 229 g/mol. The van der Waals surface area contributed by atoms with Gasteiger partial charge >= 0.3 is 0 Å². The molecule has 2 rings (SSSR count). The van der Waals surface area contributed by atoms with Gasteiger partial charge in [0.2, 0.25) is 0 Å². The molecule has 0 aliphatic heterocycles. The molecular formula is C13H15N3O. The van der Waals surface area contributed by atoms with Gasteiger partial charge in [-0.3, -0.25) is 9.97 Å². The summed E-state index contributed by atoms with van der Waals surface area (Å²) in [5, 5.41) is 0. The van der Waals surface area contributed by atoms with E-state index in [1.54, 1.807) is 24.7 Å². The van der Waals surface area contributed by atoms with Gasteiger partial charge in [-0.15, -0.1) is 0 Å². The Hall–Kier alpha value is -2.10. The van der Waals surface area contributed by atoms with Crippen molar-refractivity contribution < 1.29 is 4.74 Å². The molecule has 2 aromatic rings. The molecule has 0 fully saturated rings. The van der Waals surface area contributed by atoms with Crippen LogP contribution in [0.3, 0.4) is 0 Å². The highest BCUT2D eigenvalue weighted by atomic mass is 16.5. The van der Waals surface area contributed by atoms with Crippen molar-refractivity contribution in [3.05, 3.63) is 36.8 Å². The molecule has 0 saturated carbocycles. The molecule has 0 aromatic carbocycles. The summed E-state index contributed by atoms with van der Waals surface area (Å²) in [5.41, 5.74) is 8.10. The number of rotatable bonds is 3. The van der Waals surface area contributed by atoms with Gasteiger partial charge in [0.25, 0.3) is 0 Å². The summed E-state index contributed by atoms with van der Waals surface area (Å²) in [6.07, 6.45) is 5.24. The second-order valence-corrected chi connectivity index (χ2v) is 4.02. The number of nitrogens with two attached hydrogens (primary N) is 1. The van der Waals surface area contributed by atoms with Gasteiger partial charge in [0.15, 0.2) is 0 Å².